The highest BCUT2D eigenvalue weighted by Gasteiger charge is 2.25. The summed E-state index contributed by atoms with van der Waals surface area (Å²) in [5.41, 5.74) is 2.37. The highest BCUT2D eigenvalue weighted by molar-refractivity contribution is 5.97. The molecule has 1 atom stereocenters. The number of nitro benzene ring substituents is 1. The lowest BCUT2D eigenvalue weighted by Crippen LogP contribution is -2.37. The molecule has 1 saturated heterocycles. The van der Waals surface area contributed by atoms with Crippen molar-refractivity contribution in [2.75, 3.05) is 26.7 Å². The number of nitro groups is 1. The van der Waals surface area contributed by atoms with Gasteiger partial charge in [-0.15, -0.1) is 0 Å². The number of amides is 1. The highest BCUT2D eigenvalue weighted by atomic mass is 16.6. The minimum atomic E-state index is -0.518. The molecule has 1 N–H and O–H groups in total. The lowest BCUT2D eigenvalue weighted by Gasteiger charge is -2.28. The molecule has 0 saturated carbocycles. The van der Waals surface area contributed by atoms with Crippen LogP contribution in [0, 0.1) is 17.0 Å². The fourth-order valence-electron chi connectivity index (χ4n) is 3.57. The van der Waals surface area contributed by atoms with Crippen LogP contribution in [0.1, 0.15) is 40.4 Å². The second-order valence-electron chi connectivity index (χ2n) is 7.02. The molecule has 2 aromatic carbocycles. The number of non-ortho nitro benzene ring substituents is 1. The average Bonchev–Trinajstić information content (AvgIpc) is 3.23. The van der Waals surface area contributed by atoms with Crippen LogP contribution < -0.4 is 10.1 Å². The quantitative estimate of drug-likeness (QED) is 0.584. The van der Waals surface area contributed by atoms with Gasteiger partial charge < -0.3 is 10.1 Å². The molecule has 1 fully saturated rings. The molecule has 1 aliphatic heterocycles. The number of hydrogen-bond acceptors (Lipinski definition) is 5. The van der Waals surface area contributed by atoms with Crippen molar-refractivity contribution in [2.24, 2.45) is 0 Å². The van der Waals surface area contributed by atoms with Crippen LogP contribution in [0.25, 0.3) is 0 Å². The second kappa shape index (κ2) is 8.84. The number of nitrogens with one attached hydrogen (secondary N) is 1. The zero-order valence-electron chi connectivity index (χ0n) is 16.2. The van der Waals surface area contributed by atoms with Crippen LogP contribution in [-0.2, 0) is 0 Å². The van der Waals surface area contributed by atoms with E-state index >= 15 is 0 Å². The number of aryl methyl sites for hydroxylation is 1. The maximum atomic E-state index is 12.8. The van der Waals surface area contributed by atoms with E-state index in [2.05, 4.69) is 34.5 Å². The molecule has 1 heterocycles. The van der Waals surface area contributed by atoms with Crippen molar-refractivity contribution in [2.45, 2.75) is 25.8 Å². The Balaban J connectivity index is 1.79. The fourth-order valence-corrected chi connectivity index (χ4v) is 3.57. The molecule has 0 aromatic heterocycles. The first-order chi connectivity index (χ1) is 13.5. The van der Waals surface area contributed by atoms with E-state index < -0.39 is 4.92 Å². The van der Waals surface area contributed by atoms with Crippen molar-refractivity contribution < 1.29 is 14.5 Å². The molecule has 148 valence electrons. The summed E-state index contributed by atoms with van der Waals surface area (Å²) >= 11 is 0. The first-order valence-electron chi connectivity index (χ1n) is 9.41. The molecular formula is C21H25N3O4. The predicted molar refractivity (Wildman–Crippen MR) is 107 cm³/mol. The summed E-state index contributed by atoms with van der Waals surface area (Å²) < 4.78 is 5.21. The molecule has 0 spiro atoms. The monoisotopic (exact) mass is 383 g/mol. The SMILES string of the molecule is COc1ccc([N+](=O)[O-])cc1C(=O)NCC(c1ccc(C)cc1)N1CCCC1. The first-order valence-corrected chi connectivity index (χ1v) is 9.41. The van der Waals surface area contributed by atoms with E-state index in [9.17, 15) is 14.9 Å². The van der Waals surface area contributed by atoms with Crippen molar-refractivity contribution in [3.8, 4) is 5.75 Å². The number of carbonyl (C=O) groups is 1. The molecule has 0 bridgehead atoms. The predicted octanol–water partition coefficient (Wildman–Crippen LogP) is 3.48. The van der Waals surface area contributed by atoms with Gasteiger partial charge in [0, 0.05) is 18.7 Å². The molecule has 0 aliphatic carbocycles. The molecular weight excluding hydrogens is 358 g/mol. The van der Waals surface area contributed by atoms with Crippen molar-refractivity contribution in [1.82, 2.24) is 10.2 Å². The Morgan fingerprint density at radius 1 is 1.21 bits per heavy atom. The minimum Gasteiger partial charge on any atom is -0.496 e. The number of benzene rings is 2. The van der Waals surface area contributed by atoms with Crippen LogP contribution in [0.5, 0.6) is 5.75 Å². The van der Waals surface area contributed by atoms with Gasteiger partial charge in [-0.1, -0.05) is 29.8 Å². The van der Waals surface area contributed by atoms with Crippen LogP contribution in [0.2, 0.25) is 0 Å². The summed E-state index contributed by atoms with van der Waals surface area (Å²) in [5, 5.41) is 14.0. The molecule has 1 aliphatic rings. The topological polar surface area (TPSA) is 84.7 Å². The maximum Gasteiger partial charge on any atom is 0.270 e. The van der Waals surface area contributed by atoms with Gasteiger partial charge in [0.1, 0.15) is 5.75 Å². The number of rotatable bonds is 7. The zero-order chi connectivity index (χ0) is 20.1. The number of nitrogens with zero attached hydrogens (tertiary/aromatic N) is 2. The standard InChI is InChI=1S/C21H25N3O4/c1-15-5-7-16(8-6-15)19(23-11-3-4-12-23)14-22-21(25)18-13-17(24(26)27)9-10-20(18)28-2/h5-10,13,19H,3-4,11-12,14H2,1-2H3,(H,22,25). The second-order valence-corrected chi connectivity index (χ2v) is 7.02. The molecule has 2 aromatic rings. The molecule has 7 nitrogen and oxygen atoms in total. The van der Waals surface area contributed by atoms with E-state index in [-0.39, 0.29) is 23.2 Å². The Kier molecular flexibility index (Phi) is 6.26. The van der Waals surface area contributed by atoms with E-state index in [1.807, 2.05) is 6.92 Å². The Labute approximate surface area is 164 Å². The minimum absolute atomic E-state index is 0.0664. The number of methoxy groups -OCH3 is 1. The fraction of sp³-hybridized carbons (Fsp3) is 0.381. The van der Waals surface area contributed by atoms with Gasteiger partial charge in [0.25, 0.3) is 11.6 Å². The smallest absolute Gasteiger partial charge is 0.270 e. The number of hydrogen-bond donors (Lipinski definition) is 1. The van der Waals surface area contributed by atoms with E-state index in [4.69, 9.17) is 4.74 Å². The summed E-state index contributed by atoms with van der Waals surface area (Å²) in [6.45, 7) is 4.46. The van der Waals surface area contributed by atoms with Gasteiger partial charge in [0.2, 0.25) is 0 Å². The van der Waals surface area contributed by atoms with E-state index in [1.54, 1.807) is 0 Å². The lowest BCUT2D eigenvalue weighted by atomic mass is 10.0. The highest BCUT2D eigenvalue weighted by Crippen LogP contribution is 2.27. The summed E-state index contributed by atoms with van der Waals surface area (Å²) in [4.78, 5) is 25.7. The molecule has 7 heteroatoms. The number of likely N-dealkylation sites (tertiary alicyclic amines) is 1. The largest absolute Gasteiger partial charge is 0.496 e. The molecule has 28 heavy (non-hydrogen) atoms. The van der Waals surface area contributed by atoms with Crippen LogP contribution >= 0.6 is 0 Å². The van der Waals surface area contributed by atoms with Gasteiger partial charge in [-0.25, -0.2) is 0 Å². The Morgan fingerprint density at radius 3 is 2.50 bits per heavy atom. The molecule has 3 rings (SSSR count). The summed E-state index contributed by atoms with van der Waals surface area (Å²) in [6, 6.07) is 12.4. The average molecular weight is 383 g/mol. The lowest BCUT2D eigenvalue weighted by molar-refractivity contribution is -0.384. The Morgan fingerprint density at radius 2 is 1.89 bits per heavy atom. The first kappa shape index (κ1) is 19.8. The summed E-state index contributed by atoms with van der Waals surface area (Å²) in [5.74, 6) is -0.0620. The van der Waals surface area contributed by atoms with Crippen LogP contribution in [-0.4, -0.2) is 42.5 Å². The Hall–Kier alpha value is -2.93. The van der Waals surface area contributed by atoms with Crippen molar-refractivity contribution in [3.05, 3.63) is 69.3 Å². The summed E-state index contributed by atoms with van der Waals surface area (Å²) in [6.07, 6.45) is 2.30. The summed E-state index contributed by atoms with van der Waals surface area (Å²) in [7, 11) is 1.44. The van der Waals surface area contributed by atoms with E-state index in [1.165, 1.54) is 30.9 Å². The third-order valence-electron chi connectivity index (χ3n) is 5.14. The molecule has 1 amide bonds. The van der Waals surface area contributed by atoms with Gasteiger partial charge in [-0.3, -0.25) is 19.8 Å². The van der Waals surface area contributed by atoms with Gasteiger partial charge >= 0.3 is 0 Å². The Bertz CT molecular complexity index is 845. The van der Waals surface area contributed by atoms with E-state index in [0.29, 0.717) is 12.3 Å². The van der Waals surface area contributed by atoms with Gasteiger partial charge in [-0.05, 0) is 44.5 Å². The van der Waals surface area contributed by atoms with Crippen LogP contribution in [0.3, 0.4) is 0 Å². The molecule has 1 unspecified atom stereocenters. The molecule has 0 radical (unpaired) electrons. The van der Waals surface area contributed by atoms with Gasteiger partial charge in [0.15, 0.2) is 0 Å². The number of carbonyl (C=O) groups excluding carboxylic acids is 1. The van der Waals surface area contributed by atoms with Crippen molar-refractivity contribution in [1.29, 1.82) is 0 Å². The van der Waals surface area contributed by atoms with Crippen molar-refractivity contribution in [3.63, 3.8) is 0 Å². The van der Waals surface area contributed by atoms with Gasteiger partial charge in [0.05, 0.1) is 23.6 Å². The number of ether oxygens (including phenoxy) is 1. The van der Waals surface area contributed by atoms with Crippen LogP contribution in [0.15, 0.2) is 42.5 Å². The van der Waals surface area contributed by atoms with Gasteiger partial charge in [-0.2, -0.15) is 0 Å². The zero-order valence-corrected chi connectivity index (χ0v) is 16.2. The van der Waals surface area contributed by atoms with Crippen molar-refractivity contribution >= 4 is 11.6 Å². The normalized spacial score (nSPS) is 15.2. The maximum absolute atomic E-state index is 12.8. The third-order valence-corrected chi connectivity index (χ3v) is 5.14. The van der Waals surface area contributed by atoms with Crippen LogP contribution in [0.4, 0.5) is 5.69 Å². The third kappa shape index (κ3) is 4.48. The van der Waals surface area contributed by atoms with E-state index in [0.717, 1.165) is 31.5 Å².